The van der Waals surface area contributed by atoms with Gasteiger partial charge in [-0.25, -0.2) is 9.97 Å². The van der Waals surface area contributed by atoms with Gasteiger partial charge in [-0.1, -0.05) is 19.1 Å². The normalized spacial score (nSPS) is 10.7. The van der Waals surface area contributed by atoms with E-state index >= 15 is 0 Å². The van der Waals surface area contributed by atoms with Crippen LogP contribution in [0.1, 0.15) is 24.5 Å². The predicted molar refractivity (Wildman–Crippen MR) is 93.1 cm³/mol. The van der Waals surface area contributed by atoms with Crippen molar-refractivity contribution in [3.63, 3.8) is 0 Å². The van der Waals surface area contributed by atoms with Crippen molar-refractivity contribution in [1.82, 2.24) is 19.9 Å². The maximum atomic E-state index is 4.57. The van der Waals surface area contributed by atoms with E-state index in [0.29, 0.717) is 22.9 Å². The van der Waals surface area contributed by atoms with Crippen LogP contribution in [0.3, 0.4) is 0 Å². The average molecular weight is 308 g/mol. The van der Waals surface area contributed by atoms with E-state index in [1.807, 2.05) is 0 Å². The van der Waals surface area contributed by atoms with Gasteiger partial charge in [0.25, 0.3) is 0 Å². The van der Waals surface area contributed by atoms with Crippen molar-refractivity contribution >= 4 is 28.6 Å². The van der Waals surface area contributed by atoms with Crippen LogP contribution >= 0.6 is 0 Å². The summed E-state index contributed by atoms with van der Waals surface area (Å²) in [5, 5.41) is 6.59. The lowest BCUT2D eigenvalue weighted by molar-refractivity contribution is 0.955. The molecule has 0 unspecified atom stereocenters. The highest BCUT2D eigenvalue weighted by Gasteiger charge is 2.11. The van der Waals surface area contributed by atoms with Crippen LogP contribution in [-0.4, -0.2) is 26.5 Å². The Kier molecular flexibility index (Phi) is 4.32. The Morgan fingerprint density at radius 3 is 2.70 bits per heavy atom. The molecule has 0 bridgehead atoms. The average Bonchev–Trinajstić information content (AvgIpc) is 2.56. The fraction of sp³-hybridized carbons (Fsp3) is 0.294. The van der Waals surface area contributed by atoms with Gasteiger partial charge >= 0.3 is 0 Å². The van der Waals surface area contributed by atoms with Crippen LogP contribution in [-0.2, 0) is 0 Å². The Labute approximate surface area is 135 Å². The Balaban J connectivity index is 2.05. The highest BCUT2D eigenvalue weighted by atomic mass is 15.2. The third-order valence-corrected chi connectivity index (χ3v) is 3.51. The summed E-state index contributed by atoms with van der Waals surface area (Å²) >= 11 is 0. The summed E-state index contributed by atoms with van der Waals surface area (Å²) in [6, 6.07) is 6.27. The molecule has 0 aliphatic rings. The van der Waals surface area contributed by atoms with Crippen LogP contribution in [0, 0.1) is 13.8 Å². The van der Waals surface area contributed by atoms with E-state index in [-0.39, 0.29) is 0 Å². The number of fused-ring (bicyclic) bond motifs is 1. The summed E-state index contributed by atoms with van der Waals surface area (Å²) in [5.74, 6) is 1.23. The number of hydrogen-bond acceptors (Lipinski definition) is 6. The zero-order chi connectivity index (χ0) is 16.2. The van der Waals surface area contributed by atoms with E-state index in [9.17, 15) is 0 Å². The third kappa shape index (κ3) is 3.36. The van der Waals surface area contributed by atoms with Crippen LogP contribution in [0.25, 0.3) is 11.2 Å². The van der Waals surface area contributed by atoms with Gasteiger partial charge in [-0.2, -0.15) is 9.97 Å². The number of aromatic nitrogens is 4. The van der Waals surface area contributed by atoms with E-state index in [4.69, 9.17) is 0 Å². The number of anilines is 3. The lowest BCUT2D eigenvalue weighted by atomic mass is 10.1. The van der Waals surface area contributed by atoms with E-state index in [2.05, 4.69) is 69.5 Å². The molecule has 2 heterocycles. The second-order valence-corrected chi connectivity index (χ2v) is 5.49. The van der Waals surface area contributed by atoms with Gasteiger partial charge in [0, 0.05) is 24.6 Å². The molecule has 6 nitrogen and oxygen atoms in total. The van der Waals surface area contributed by atoms with Crippen molar-refractivity contribution in [2.45, 2.75) is 27.2 Å². The van der Waals surface area contributed by atoms with Gasteiger partial charge in [0.1, 0.15) is 0 Å². The summed E-state index contributed by atoms with van der Waals surface area (Å²) in [6.07, 6.45) is 4.29. The summed E-state index contributed by atoms with van der Waals surface area (Å²) in [4.78, 5) is 17.7. The molecule has 3 rings (SSSR count). The Hall–Kier alpha value is -2.76. The van der Waals surface area contributed by atoms with Gasteiger partial charge in [-0.05, 0) is 37.5 Å². The van der Waals surface area contributed by atoms with Crippen LogP contribution in [0.4, 0.5) is 17.5 Å². The molecule has 0 radical (unpaired) electrons. The molecule has 2 aromatic heterocycles. The molecule has 0 amide bonds. The quantitative estimate of drug-likeness (QED) is 0.750. The third-order valence-electron chi connectivity index (χ3n) is 3.51. The first-order valence-electron chi connectivity index (χ1n) is 7.74. The van der Waals surface area contributed by atoms with Crippen molar-refractivity contribution < 1.29 is 0 Å². The summed E-state index contributed by atoms with van der Waals surface area (Å²) in [7, 11) is 0. The molecule has 0 spiro atoms. The minimum atomic E-state index is 0.563. The van der Waals surface area contributed by atoms with E-state index in [0.717, 1.165) is 24.2 Å². The van der Waals surface area contributed by atoms with Gasteiger partial charge in [0.2, 0.25) is 5.95 Å². The predicted octanol–water partition coefficient (Wildman–Crippen LogP) is 3.60. The first-order chi connectivity index (χ1) is 11.2. The fourth-order valence-electron chi connectivity index (χ4n) is 2.26. The number of benzene rings is 1. The molecular weight excluding hydrogens is 288 g/mol. The van der Waals surface area contributed by atoms with Crippen molar-refractivity contribution in [1.29, 1.82) is 0 Å². The zero-order valence-corrected chi connectivity index (χ0v) is 13.6. The van der Waals surface area contributed by atoms with Crippen LogP contribution < -0.4 is 10.6 Å². The number of rotatable bonds is 5. The van der Waals surface area contributed by atoms with Gasteiger partial charge in [0.05, 0.1) is 0 Å². The number of nitrogens with zero attached hydrogens (tertiary/aromatic N) is 4. The first-order valence-corrected chi connectivity index (χ1v) is 7.74. The molecule has 0 saturated carbocycles. The first kappa shape index (κ1) is 15.1. The molecule has 0 atom stereocenters. The van der Waals surface area contributed by atoms with Crippen LogP contribution in [0.2, 0.25) is 0 Å². The number of hydrogen-bond donors (Lipinski definition) is 2. The largest absolute Gasteiger partial charge is 0.354 e. The minimum Gasteiger partial charge on any atom is -0.354 e. The highest BCUT2D eigenvalue weighted by Crippen LogP contribution is 2.25. The summed E-state index contributed by atoms with van der Waals surface area (Å²) in [6.45, 7) is 7.04. The highest BCUT2D eigenvalue weighted by molar-refractivity contribution is 5.86. The zero-order valence-electron chi connectivity index (χ0n) is 13.6. The van der Waals surface area contributed by atoms with Gasteiger partial charge in [-0.15, -0.1) is 0 Å². The molecule has 0 aliphatic heterocycles. The molecule has 0 aliphatic carbocycles. The van der Waals surface area contributed by atoms with Crippen molar-refractivity contribution in [3.05, 3.63) is 41.7 Å². The Morgan fingerprint density at radius 1 is 1.04 bits per heavy atom. The molecule has 2 N–H and O–H groups in total. The molecule has 0 saturated heterocycles. The van der Waals surface area contributed by atoms with E-state index in [1.165, 1.54) is 5.56 Å². The van der Waals surface area contributed by atoms with E-state index < -0.39 is 0 Å². The lowest BCUT2D eigenvalue weighted by Crippen LogP contribution is -2.08. The molecule has 1 aromatic carbocycles. The molecule has 23 heavy (non-hydrogen) atoms. The summed E-state index contributed by atoms with van der Waals surface area (Å²) < 4.78 is 0. The van der Waals surface area contributed by atoms with Crippen molar-refractivity contribution in [3.8, 4) is 0 Å². The van der Waals surface area contributed by atoms with Crippen LogP contribution in [0.5, 0.6) is 0 Å². The number of nitrogens with one attached hydrogen (secondary N) is 2. The van der Waals surface area contributed by atoms with Gasteiger partial charge < -0.3 is 10.6 Å². The smallest absolute Gasteiger partial charge is 0.226 e. The monoisotopic (exact) mass is 308 g/mol. The van der Waals surface area contributed by atoms with Gasteiger partial charge in [-0.3, -0.25) is 0 Å². The summed E-state index contributed by atoms with van der Waals surface area (Å²) in [5.41, 5.74) is 4.59. The maximum Gasteiger partial charge on any atom is 0.226 e. The topological polar surface area (TPSA) is 75.6 Å². The Bertz CT molecular complexity index is 830. The molecule has 3 aromatic rings. The van der Waals surface area contributed by atoms with Crippen LogP contribution in [0.15, 0.2) is 30.6 Å². The molecule has 118 valence electrons. The SMILES string of the molecule is CCCNc1nc(Nc2cc(C)ccc2C)c2nccnc2n1. The Morgan fingerprint density at radius 2 is 1.87 bits per heavy atom. The standard InChI is InChI=1S/C17H20N6/c1-4-7-20-17-22-15-14(18-8-9-19-15)16(23-17)21-13-10-11(2)5-6-12(13)3/h5-6,8-10H,4,7H2,1-3H3,(H2,19,20,21,22,23). The fourth-order valence-corrected chi connectivity index (χ4v) is 2.26. The van der Waals surface area contributed by atoms with E-state index in [1.54, 1.807) is 12.4 Å². The lowest BCUT2D eigenvalue weighted by Gasteiger charge is -2.12. The number of aryl methyl sites for hydroxylation is 2. The molecule has 6 heteroatoms. The molecule has 0 fully saturated rings. The molecular formula is C17H20N6. The maximum absolute atomic E-state index is 4.57. The second-order valence-electron chi connectivity index (χ2n) is 5.49. The second kappa shape index (κ2) is 6.56. The van der Waals surface area contributed by atoms with Crippen molar-refractivity contribution in [2.24, 2.45) is 0 Å². The van der Waals surface area contributed by atoms with Crippen molar-refractivity contribution in [2.75, 3.05) is 17.2 Å². The minimum absolute atomic E-state index is 0.563. The van der Waals surface area contributed by atoms with Gasteiger partial charge in [0.15, 0.2) is 17.0 Å².